The summed E-state index contributed by atoms with van der Waals surface area (Å²) in [7, 11) is 0. The molecule has 1 aromatic carbocycles. The molecule has 0 bridgehead atoms. The molecule has 3 aromatic rings. The van der Waals surface area contributed by atoms with Crippen molar-refractivity contribution in [3.05, 3.63) is 58.5 Å². The van der Waals surface area contributed by atoms with Gasteiger partial charge in [0.2, 0.25) is 11.8 Å². The molecule has 5 nitrogen and oxygen atoms in total. The molecule has 0 atom stereocenters. The number of aromatic nitrogens is 3. The van der Waals surface area contributed by atoms with Crippen molar-refractivity contribution < 1.29 is 17.9 Å². The fraction of sp³-hybridized carbons (Fsp3) is 0.133. The maximum atomic E-state index is 12.4. The van der Waals surface area contributed by atoms with Gasteiger partial charge in [-0.05, 0) is 39.7 Å². The number of ether oxygens (including phenoxy) is 1. The van der Waals surface area contributed by atoms with Crippen molar-refractivity contribution in [3.8, 4) is 17.3 Å². The van der Waals surface area contributed by atoms with Crippen LogP contribution in [0.1, 0.15) is 17.9 Å². The van der Waals surface area contributed by atoms with Crippen LogP contribution in [0, 0.1) is 0 Å². The highest BCUT2D eigenvalue weighted by Gasteiger charge is 2.16. The predicted molar refractivity (Wildman–Crippen MR) is 81.0 cm³/mol. The van der Waals surface area contributed by atoms with E-state index in [1.54, 1.807) is 36.4 Å². The number of hydrogen-bond acceptors (Lipinski definition) is 5. The first kappa shape index (κ1) is 15.5. The third kappa shape index (κ3) is 3.89. The van der Waals surface area contributed by atoms with E-state index in [9.17, 15) is 8.78 Å². The molecule has 0 saturated carbocycles. The van der Waals surface area contributed by atoms with Crippen LogP contribution in [0.5, 0.6) is 5.88 Å². The number of halogens is 3. The molecular weight excluding hydrogens is 372 g/mol. The fourth-order valence-corrected chi connectivity index (χ4v) is 2.14. The van der Waals surface area contributed by atoms with E-state index in [1.807, 2.05) is 6.07 Å². The molecule has 0 radical (unpaired) electrons. The number of alkyl halides is 2. The Balaban J connectivity index is 1.67. The second-order valence-corrected chi connectivity index (χ2v) is 5.34. The SMILES string of the molecule is FC(F)c1nnc(-c2ccc(COc3cccc(Br)n3)cc2)o1. The second-order valence-electron chi connectivity index (χ2n) is 4.53. The minimum Gasteiger partial charge on any atom is -0.473 e. The summed E-state index contributed by atoms with van der Waals surface area (Å²) in [5.74, 6) is -0.128. The summed E-state index contributed by atoms with van der Waals surface area (Å²) in [5, 5.41) is 6.89. The quantitative estimate of drug-likeness (QED) is 0.612. The van der Waals surface area contributed by atoms with Crippen LogP contribution in [0.2, 0.25) is 0 Å². The largest absolute Gasteiger partial charge is 0.473 e. The van der Waals surface area contributed by atoms with Crippen LogP contribution in [0.4, 0.5) is 8.78 Å². The van der Waals surface area contributed by atoms with Crippen molar-refractivity contribution in [3.63, 3.8) is 0 Å². The molecule has 0 aliphatic heterocycles. The molecule has 0 aliphatic carbocycles. The fourth-order valence-electron chi connectivity index (χ4n) is 1.81. The summed E-state index contributed by atoms with van der Waals surface area (Å²) in [4.78, 5) is 4.16. The monoisotopic (exact) mass is 381 g/mol. The summed E-state index contributed by atoms with van der Waals surface area (Å²) in [6.07, 6.45) is -2.78. The minimum absolute atomic E-state index is 0.0569. The summed E-state index contributed by atoms with van der Waals surface area (Å²) < 4.78 is 36.0. The third-order valence-electron chi connectivity index (χ3n) is 2.90. The Morgan fingerprint density at radius 3 is 2.52 bits per heavy atom. The van der Waals surface area contributed by atoms with Crippen LogP contribution in [-0.4, -0.2) is 15.2 Å². The minimum atomic E-state index is -2.78. The lowest BCUT2D eigenvalue weighted by molar-refractivity contribution is 0.116. The van der Waals surface area contributed by atoms with E-state index in [0.717, 1.165) is 5.56 Å². The highest BCUT2D eigenvalue weighted by molar-refractivity contribution is 9.10. The molecular formula is C15H10BrF2N3O2. The van der Waals surface area contributed by atoms with E-state index in [2.05, 4.69) is 31.1 Å². The van der Waals surface area contributed by atoms with Gasteiger partial charge in [0, 0.05) is 11.6 Å². The van der Waals surface area contributed by atoms with E-state index in [0.29, 0.717) is 22.7 Å². The average Bonchev–Trinajstić information content (AvgIpc) is 3.04. The number of benzene rings is 1. The molecule has 8 heteroatoms. The zero-order valence-corrected chi connectivity index (χ0v) is 13.2. The number of nitrogens with zero attached hydrogens (tertiary/aromatic N) is 3. The van der Waals surface area contributed by atoms with Crippen molar-refractivity contribution in [1.82, 2.24) is 15.2 Å². The molecule has 0 spiro atoms. The topological polar surface area (TPSA) is 61.0 Å². The van der Waals surface area contributed by atoms with Crippen LogP contribution in [0.15, 0.2) is 51.5 Å². The molecule has 3 rings (SSSR count). The van der Waals surface area contributed by atoms with Gasteiger partial charge in [-0.25, -0.2) is 4.98 Å². The van der Waals surface area contributed by atoms with Crippen molar-refractivity contribution in [2.24, 2.45) is 0 Å². The Morgan fingerprint density at radius 1 is 1.09 bits per heavy atom. The van der Waals surface area contributed by atoms with Gasteiger partial charge in [0.05, 0.1) is 0 Å². The maximum Gasteiger partial charge on any atom is 0.314 e. The van der Waals surface area contributed by atoms with E-state index in [-0.39, 0.29) is 5.89 Å². The van der Waals surface area contributed by atoms with E-state index in [1.165, 1.54) is 0 Å². The molecule has 2 heterocycles. The van der Waals surface area contributed by atoms with Crippen molar-refractivity contribution in [2.45, 2.75) is 13.0 Å². The van der Waals surface area contributed by atoms with Crippen LogP contribution in [-0.2, 0) is 6.61 Å². The lowest BCUT2D eigenvalue weighted by Gasteiger charge is -2.05. The van der Waals surface area contributed by atoms with E-state index < -0.39 is 12.3 Å². The molecule has 118 valence electrons. The van der Waals surface area contributed by atoms with Gasteiger partial charge < -0.3 is 9.15 Å². The van der Waals surface area contributed by atoms with Crippen molar-refractivity contribution >= 4 is 15.9 Å². The van der Waals surface area contributed by atoms with Crippen molar-refractivity contribution in [2.75, 3.05) is 0 Å². The number of pyridine rings is 1. The van der Waals surface area contributed by atoms with E-state index in [4.69, 9.17) is 9.15 Å². The summed E-state index contributed by atoms with van der Waals surface area (Å²) in [5.41, 5.74) is 1.46. The summed E-state index contributed by atoms with van der Waals surface area (Å²) in [6, 6.07) is 12.4. The molecule has 23 heavy (non-hydrogen) atoms. The number of hydrogen-bond donors (Lipinski definition) is 0. The molecule has 0 unspecified atom stereocenters. The van der Waals surface area contributed by atoms with Crippen LogP contribution in [0.3, 0.4) is 0 Å². The highest BCUT2D eigenvalue weighted by Crippen LogP contribution is 2.23. The lowest BCUT2D eigenvalue weighted by atomic mass is 10.1. The molecule has 0 N–H and O–H groups in total. The molecule has 0 saturated heterocycles. The van der Waals surface area contributed by atoms with Gasteiger partial charge in [0.15, 0.2) is 0 Å². The zero-order valence-electron chi connectivity index (χ0n) is 11.6. The number of rotatable bonds is 5. The summed E-state index contributed by atoms with van der Waals surface area (Å²) >= 11 is 3.27. The third-order valence-corrected chi connectivity index (χ3v) is 3.35. The Morgan fingerprint density at radius 2 is 1.87 bits per heavy atom. The first-order valence-electron chi connectivity index (χ1n) is 6.58. The Kier molecular flexibility index (Phi) is 4.61. The van der Waals surface area contributed by atoms with Crippen LogP contribution < -0.4 is 4.74 Å². The first-order chi connectivity index (χ1) is 11.1. The van der Waals surface area contributed by atoms with Gasteiger partial charge in [0.25, 0.3) is 5.89 Å². The van der Waals surface area contributed by atoms with E-state index >= 15 is 0 Å². The van der Waals surface area contributed by atoms with Crippen LogP contribution >= 0.6 is 15.9 Å². The maximum absolute atomic E-state index is 12.4. The standard InChI is InChI=1S/C15H10BrF2N3O2/c16-11-2-1-3-12(19-11)22-8-9-4-6-10(7-5-9)14-20-21-15(23-14)13(17)18/h1-7,13H,8H2. The highest BCUT2D eigenvalue weighted by atomic mass is 79.9. The van der Waals surface area contributed by atoms with Gasteiger partial charge in [-0.1, -0.05) is 18.2 Å². The molecule has 0 aliphatic rings. The summed E-state index contributed by atoms with van der Waals surface area (Å²) in [6.45, 7) is 0.329. The Labute approximate surface area is 138 Å². The molecule has 0 amide bonds. The van der Waals surface area contributed by atoms with Gasteiger partial charge in [-0.2, -0.15) is 8.78 Å². The molecule has 2 aromatic heterocycles. The normalized spacial score (nSPS) is 11.0. The average molecular weight is 382 g/mol. The molecule has 0 fully saturated rings. The lowest BCUT2D eigenvalue weighted by Crippen LogP contribution is -1.97. The predicted octanol–water partition coefficient (Wildman–Crippen LogP) is 4.41. The van der Waals surface area contributed by atoms with Gasteiger partial charge in [-0.15, -0.1) is 10.2 Å². The first-order valence-corrected chi connectivity index (χ1v) is 7.37. The Bertz CT molecular complexity index is 793. The smallest absolute Gasteiger partial charge is 0.314 e. The van der Waals surface area contributed by atoms with Crippen molar-refractivity contribution in [1.29, 1.82) is 0 Å². The van der Waals surface area contributed by atoms with Crippen LogP contribution in [0.25, 0.3) is 11.5 Å². The Hall–Kier alpha value is -2.35. The van der Waals surface area contributed by atoms with Gasteiger partial charge in [0.1, 0.15) is 11.2 Å². The van der Waals surface area contributed by atoms with Gasteiger partial charge >= 0.3 is 6.43 Å². The van der Waals surface area contributed by atoms with Gasteiger partial charge in [-0.3, -0.25) is 0 Å². The second kappa shape index (κ2) is 6.82. The zero-order chi connectivity index (χ0) is 16.2.